The molecule has 0 radical (unpaired) electrons. The Morgan fingerprint density at radius 2 is 1.62 bits per heavy atom. The lowest BCUT2D eigenvalue weighted by Gasteiger charge is -2.18. The van der Waals surface area contributed by atoms with Crippen molar-refractivity contribution >= 4 is 29.1 Å². The van der Waals surface area contributed by atoms with E-state index in [-0.39, 0.29) is 24.3 Å². The molecule has 29 heavy (non-hydrogen) atoms. The molecule has 0 saturated heterocycles. The van der Waals surface area contributed by atoms with Crippen LogP contribution in [0.15, 0.2) is 48.5 Å². The second-order valence-electron chi connectivity index (χ2n) is 7.51. The van der Waals surface area contributed by atoms with Crippen molar-refractivity contribution in [3.8, 4) is 5.75 Å². The van der Waals surface area contributed by atoms with Crippen molar-refractivity contribution in [1.82, 2.24) is 5.32 Å². The topological polar surface area (TPSA) is 96.5 Å². The van der Waals surface area contributed by atoms with E-state index in [0.717, 1.165) is 0 Å². The highest BCUT2D eigenvalue weighted by Crippen LogP contribution is 2.20. The molecule has 7 nitrogen and oxygen atoms in total. The molecule has 7 heteroatoms. The molecule has 0 unspecified atom stereocenters. The first-order valence-corrected chi connectivity index (χ1v) is 9.41. The number of likely N-dealkylation sites (N-methyl/N-ethyl adjacent to an activating group) is 1. The summed E-state index contributed by atoms with van der Waals surface area (Å²) >= 11 is 0. The van der Waals surface area contributed by atoms with Crippen LogP contribution in [0.2, 0.25) is 0 Å². The lowest BCUT2D eigenvalue weighted by molar-refractivity contribution is -0.123. The van der Waals surface area contributed by atoms with Gasteiger partial charge < -0.3 is 20.7 Å². The maximum Gasteiger partial charge on any atom is 0.257 e. The van der Waals surface area contributed by atoms with Gasteiger partial charge in [-0.25, -0.2) is 0 Å². The summed E-state index contributed by atoms with van der Waals surface area (Å²) in [6.07, 6.45) is 0. The van der Waals surface area contributed by atoms with E-state index in [1.165, 1.54) is 0 Å². The van der Waals surface area contributed by atoms with Gasteiger partial charge in [0.25, 0.3) is 11.8 Å². The normalized spacial score (nSPS) is 10.8. The van der Waals surface area contributed by atoms with Crippen LogP contribution >= 0.6 is 0 Å². The average Bonchev–Trinajstić information content (AvgIpc) is 2.67. The highest BCUT2D eigenvalue weighted by Gasteiger charge is 2.21. The van der Waals surface area contributed by atoms with E-state index < -0.39 is 5.41 Å². The molecule has 0 saturated carbocycles. The van der Waals surface area contributed by atoms with Gasteiger partial charge in [-0.3, -0.25) is 14.4 Å². The van der Waals surface area contributed by atoms with Gasteiger partial charge in [0.2, 0.25) is 5.91 Å². The number of hydrogen-bond acceptors (Lipinski definition) is 4. The minimum Gasteiger partial charge on any atom is -0.484 e. The van der Waals surface area contributed by atoms with E-state index in [4.69, 9.17) is 4.74 Å². The Bertz CT molecular complexity index is 870. The Kier molecular flexibility index (Phi) is 7.36. The van der Waals surface area contributed by atoms with Gasteiger partial charge in [0.05, 0.1) is 0 Å². The predicted molar refractivity (Wildman–Crippen MR) is 113 cm³/mol. The molecule has 2 aromatic carbocycles. The zero-order valence-electron chi connectivity index (χ0n) is 17.2. The van der Waals surface area contributed by atoms with Crippen LogP contribution in [-0.2, 0) is 9.59 Å². The van der Waals surface area contributed by atoms with Crippen molar-refractivity contribution in [3.63, 3.8) is 0 Å². The zero-order valence-corrected chi connectivity index (χ0v) is 17.2. The third-order valence-corrected chi connectivity index (χ3v) is 3.92. The Labute approximate surface area is 170 Å². The Morgan fingerprint density at radius 1 is 0.931 bits per heavy atom. The number of carbonyl (C=O) groups excluding carboxylic acids is 3. The summed E-state index contributed by atoms with van der Waals surface area (Å²) in [6, 6.07) is 13.5. The van der Waals surface area contributed by atoms with Gasteiger partial charge in [-0.1, -0.05) is 26.8 Å². The first-order valence-electron chi connectivity index (χ1n) is 9.41. The molecule has 154 valence electrons. The maximum atomic E-state index is 12.5. The van der Waals surface area contributed by atoms with Crippen molar-refractivity contribution in [2.24, 2.45) is 5.41 Å². The second kappa shape index (κ2) is 9.73. The summed E-state index contributed by atoms with van der Waals surface area (Å²) in [5, 5.41) is 8.26. The van der Waals surface area contributed by atoms with Crippen LogP contribution in [0.5, 0.6) is 5.75 Å². The highest BCUT2D eigenvalue weighted by atomic mass is 16.5. The van der Waals surface area contributed by atoms with Crippen LogP contribution in [0.1, 0.15) is 38.1 Å². The molecule has 0 aliphatic rings. The van der Waals surface area contributed by atoms with E-state index in [1.54, 1.807) is 48.5 Å². The molecule has 0 aromatic heterocycles. The molecular formula is C22H27N3O4. The Hall–Kier alpha value is -3.35. The Morgan fingerprint density at radius 3 is 2.24 bits per heavy atom. The van der Waals surface area contributed by atoms with Crippen LogP contribution in [0.4, 0.5) is 11.4 Å². The van der Waals surface area contributed by atoms with Crippen molar-refractivity contribution < 1.29 is 19.1 Å². The number of anilines is 2. The van der Waals surface area contributed by atoms with Gasteiger partial charge in [-0.15, -0.1) is 0 Å². The molecule has 0 fully saturated rings. The first-order chi connectivity index (χ1) is 13.7. The predicted octanol–water partition coefficient (Wildman–Crippen LogP) is 3.44. The molecule has 2 aromatic rings. The summed E-state index contributed by atoms with van der Waals surface area (Å²) in [5.74, 6) is -0.0874. The van der Waals surface area contributed by atoms with Crippen molar-refractivity contribution in [2.75, 3.05) is 23.8 Å². The SMILES string of the molecule is CCNC(=O)COc1ccc(NC(=O)c2cccc(NC(=O)C(C)(C)C)c2)cc1. The van der Waals surface area contributed by atoms with Gasteiger partial charge in [-0.05, 0) is 49.4 Å². The fourth-order valence-corrected chi connectivity index (χ4v) is 2.29. The third-order valence-electron chi connectivity index (χ3n) is 3.92. The smallest absolute Gasteiger partial charge is 0.257 e. The second-order valence-corrected chi connectivity index (χ2v) is 7.51. The van der Waals surface area contributed by atoms with Crippen LogP contribution in [0, 0.1) is 5.41 Å². The van der Waals surface area contributed by atoms with Crippen molar-refractivity contribution in [1.29, 1.82) is 0 Å². The molecule has 0 atom stereocenters. The van der Waals surface area contributed by atoms with Crippen LogP contribution in [-0.4, -0.2) is 30.9 Å². The number of benzene rings is 2. The van der Waals surface area contributed by atoms with Crippen LogP contribution < -0.4 is 20.7 Å². The average molecular weight is 397 g/mol. The fraction of sp³-hybridized carbons (Fsp3) is 0.318. The fourth-order valence-electron chi connectivity index (χ4n) is 2.29. The maximum absolute atomic E-state index is 12.5. The first kappa shape index (κ1) is 21.9. The summed E-state index contributed by atoms with van der Waals surface area (Å²) < 4.78 is 5.38. The lowest BCUT2D eigenvalue weighted by Crippen LogP contribution is -2.28. The third kappa shape index (κ3) is 6.95. The largest absolute Gasteiger partial charge is 0.484 e. The van der Waals surface area contributed by atoms with E-state index >= 15 is 0 Å². The Balaban J connectivity index is 1.97. The van der Waals surface area contributed by atoms with E-state index in [9.17, 15) is 14.4 Å². The van der Waals surface area contributed by atoms with Crippen molar-refractivity contribution in [3.05, 3.63) is 54.1 Å². The summed E-state index contributed by atoms with van der Waals surface area (Å²) in [5.41, 5.74) is 1.05. The molecule has 0 aliphatic carbocycles. The van der Waals surface area contributed by atoms with Gasteiger partial charge >= 0.3 is 0 Å². The molecule has 2 rings (SSSR count). The number of carbonyl (C=O) groups is 3. The number of ether oxygens (including phenoxy) is 1. The summed E-state index contributed by atoms with van der Waals surface area (Å²) in [4.78, 5) is 36.0. The molecule has 0 spiro atoms. The molecule has 3 N–H and O–H groups in total. The van der Waals surface area contributed by atoms with Crippen LogP contribution in [0.25, 0.3) is 0 Å². The van der Waals surface area contributed by atoms with Crippen molar-refractivity contribution in [2.45, 2.75) is 27.7 Å². The monoisotopic (exact) mass is 397 g/mol. The minimum absolute atomic E-state index is 0.0629. The number of rotatable bonds is 7. The number of hydrogen-bond donors (Lipinski definition) is 3. The summed E-state index contributed by atoms with van der Waals surface area (Å²) in [7, 11) is 0. The molecule has 3 amide bonds. The van der Waals surface area contributed by atoms with Gasteiger partial charge in [0.15, 0.2) is 6.61 Å². The van der Waals surface area contributed by atoms with Crippen LogP contribution in [0.3, 0.4) is 0 Å². The summed E-state index contributed by atoms with van der Waals surface area (Å²) in [6.45, 7) is 7.79. The highest BCUT2D eigenvalue weighted by molar-refractivity contribution is 6.05. The zero-order chi connectivity index (χ0) is 21.4. The minimum atomic E-state index is -0.528. The number of nitrogens with one attached hydrogen (secondary N) is 3. The molecule has 0 heterocycles. The lowest BCUT2D eigenvalue weighted by atomic mass is 9.95. The quantitative estimate of drug-likeness (QED) is 0.667. The molecular weight excluding hydrogens is 370 g/mol. The molecule has 0 aliphatic heterocycles. The van der Waals surface area contributed by atoms with E-state index in [1.807, 2.05) is 27.7 Å². The van der Waals surface area contributed by atoms with Gasteiger partial charge in [-0.2, -0.15) is 0 Å². The number of amides is 3. The van der Waals surface area contributed by atoms with Gasteiger partial charge in [0.1, 0.15) is 5.75 Å². The van der Waals surface area contributed by atoms with Gasteiger partial charge in [0, 0.05) is 28.9 Å². The molecule has 0 bridgehead atoms. The van der Waals surface area contributed by atoms with E-state index in [2.05, 4.69) is 16.0 Å². The van der Waals surface area contributed by atoms with E-state index in [0.29, 0.717) is 29.2 Å². The standard InChI is InChI=1S/C22H27N3O4/c1-5-23-19(26)14-29-18-11-9-16(10-12-18)24-20(27)15-7-6-8-17(13-15)25-21(28)22(2,3)4/h6-13H,5,14H2,1-4H3,(H,23,26)(H,24,27)(H,25,28).